The Morgan fingerprint density at radius 3 is 2.65 bits per heavy atom. The number of benzene rings is 1. The van der Waals surface area contributed by atoms with Gasteiger partial charge in [-0.05, 0) is 47.5 Å². The van der Waals surface area contributed by atoms with E-state index in [1.165, 1.54) is 41.3 Å². The first kappa shape index (κ1) is 21.8. The minimum Gasteiger partial charge on any atom is -0.314 e. The summed E-state index contributed by atoms with van der Waals surface area (Å²) in [6.45, 7) is 1.96. The van der Waals surface area contributed by atoms with Crippen LogP contribution in [-0.4, -0.2) is 50.0 Å². The largest absolute Gasteiger partial charge is 0.323 e. The maximum Gasteiger partial charge on any atom is 0.323 e. The molecule has 2 amide bonds. The van der Waals surface area contributed by atoms with Crippen LogP contribution in [-0.2, 0) is 19.6 Å². The fourth-order valence-electron chi connectivity index (χ4n) is 4.09. The number of alkyl halides is 1. The molecule has 2 aliphatic heterocycles. The number of aromatic nitrogens is 2. The van der Waals surface area contributed by atoms with Crippen LogP contribution in [0.5, 0.6) is 0 Å². The first-order valence-electron chi connectivity index (χ1n) is 10.7. The number of urea groups is 1. The molecular formula is C23H20F2N6O3. The van der Waals surface area contributed by atoms with Gasteiger partial charge in [0.1, 0.15) is 12.0 Å². The number of nitro groups is 1. The molecule has 34 heavy (non-hydrogen) atoms. The third-order valence-electron chi connectivity index (χ3n) is 5.86. The number of likely N-dealkylation sites (tertiary alicyclic amines) is 1. The number of rotatable bonds is 5. The fourth-order valence-corrected chi connectivity index (χ4v) is 4.09. The number of carbonyl (C=O) groups is 1. The summed E-state index contributed by atoms with van der Waals surface area (Å²) in [5, 5.41) is 14.0. The van der Waals surface area contributed by atoms with Crippen LogP contribution in [0.15, 0.2) is 48.7 Å². The van der Waals surface area contributed by atoms with Crippen LogP contribution in [0.4, 0.5) is 25.1 Å². The predicted molar refractivity (Wildman–Crippen MR) is 119 cm³/mol. The van der Waals surface area contributed by atoms with Crippen LogP contribution in [0.25, 0.3) is 11.3 Å². The van der Waals surface area contributed by atoms with Gasteiger partial charge in [-0.1, -0.05) is 0 Å². The van der Waals surface area contributed by atoms with E-state index in [0.717, 1.165) is 16.8 Å². The highest BCUT2D eigenvalue weighted by molar-refractivity contribution is 5.91. The van der Waals surface area contributed by atoms with Crippen LogP contribution in [0.3, 0.4) is 0 Å². The van der Waals surface area contributed by atoms with Crippen LogP contribution in [0, 0.1) is 15.9 Å². The van der Waals surface area contributed by atoms with Crippen LogP contribution >= 0.6 is 0 Å². The average molecular weight is 466 g/mol. The van der Waals surface area contributed by atoms with Crippen molar-refractivity contribution in [1.29, 1.82) is 0 Å². The van der Waals surface area contributed by atoms with Gasteiger partial charge in [0.25, 0.3) is 0 Å². The summed E-state index contributed by atoms with van der Waals surface area (Å²) in [6.07, 6.45) is 0.950. The molecule has 3 aromatic rings. The Morgan fingerprint density at radius 2 is 1.94 bits per heavy atom. The van der Waals surface area contributed by atoms with Gasteiger partial charge in [0, 0.05) is 44.0 Å². The van der Waals surface area contributed by atoms with E-state index in [1.807, 2.05) is 11.0 Å². The molecule has 0 aliphatic carbocycles. The number of hydrogen-bond donors (Lipinski definition) is 1. The monoisotopic (exact) mass is 466 g/mol. The van der Waals surface area contributed by atoms with Crippen molar-refractivity contribution < 1.29 is 18.5 Å². The quantitative estimate of drug-likeness (QED) is 0.452. The molecule has 2 aliphatic rings. The van der Waals surface area contributed by atoms with Gasteiger partial charge in [-0.2, -0.15) is 0 Å². The zero-order chi connectivity index (χ0) is 23.8. The standard InChI is InChI=1S/C23H20F2N6O3/c24-17-3-1-15(2-4-17)19-5-6-21(31(33)34)22(27-19)28-23(32)30-10-16-7-14(8-26-20(16)13-30)9-29-11-18(25)12-29/h1-8,18H,9-13H2,(H,27,28,32). The summed E-state index contributed by atoms with van der Waals surface area (Å²) in [5.41, 5.74) is 3.13. The second-order valence-corrected chi connectivity index (χ2v) is 8.36. The van der Waals surface area contributed by atoms with Gasteiger partial charge in [0.2, 0.25) is 5.82 Å². The Balaban J connectivity index is 1.31. The number of hydrogen-bond acceptors (Lipinski definition) is 6. The molecule has 0 unspecified atom stereocenters. The van der Waals surface area contributed by atoms with Crippen LogP contribution < -0.4 is 5.32 Å². The average Bonchev–Trinajstić information content (AvgIpc) is 3.22. The lowest BCUT2D eigenvalue weighted by Gasteiger charge is -2.34. The van der Waals surface area contributed by atoms with Crippen molar-refractivity contribution in [2.45, 2.75) is 25.8 Å². The van der Waals surface area contributed by atoms with E-state index in [4.69, 9.17) is 0 Å². The Labute approximate surface area is 193 Å². The van der Waals surface area contributed by atoms with Crippen molar-refractivity contribution in [3.63, 3.8) is 0 Å². The molecule has 0 radical (unpaired) electrons. The van der Waals surface area contributed by atoms with Crippen molar-refractivity contribution in [3.8, 4) is 11.3 Å². The smallest absolute Gasteiger partial charge is 0.314 e. The molecule has 1 aromatic carbocycles. The number of halogens is 2. The fraction of sp³-hybridized carbons (Fsp3) is 0.261. The molecular weight excluding hydrogens is 446 g/mol. The Bertz CT molecular complexity index is 1260. The first-order valence-corrected chi connectivity index (χ1v) is 10.7. The van der Waals surface area contributed by atoms with Crippen molar-refractivity contribution in [2.75, 3.05) is 18.4 Å². The summed E-state index contributed by atoms with van der Waals surface area (Å²) in [4.78, 5) is 35.9. The number of carbonyl (C=O) groups excluding carboxylic acids is 1. The third-order valence-corrected chi connectivity index (χ3v) is 5.86. The lowest BCUT2D eigenvalue weighted by molar-refractivity contribution is -0.384. The summed E-state index contributed by atoms with van der Waals surface area (Å²) in [7, 11) is 0. The van der Waals surface area contributed by atoms with Crippen molar-refractivity contribution in [3.05, 3.63) is 81.4 Å². The summed E-state index contributed by atoms with van der Waals surface area (Å²) < 4.78 is 26.3. The maximum atomic E-state index is 13.2. The number of nitrogens with one attached hydrogen (secondary N) is 1. The van der Waals surface area contributed by atoms with Crippen molar-refractivity contribution in [1.82, 2.24) is 19.8 Å². The highest BCUT2D eigenvalue weighted by atomic mass is 19.1. The number of fused-ring (bicyclic) bond motifs is 1. The molecule has 0 saturated carbocycles. The molecule has 4 heterocycles. The van der Waals surface area contributed by atoms with E-state index in [1.54, 1.807) is 6.20 Å². The van der Waals surface area contributed by atoms with Gasteiger partial charge in [-0.3, -0.25) is 25.3 Å². The SMILES string of the molecule is O=C(Nc1nc(-c2ccc(F)cc2)ccc1[N+](=O)[O-])N1Cc2cc(CN3CC(F)C3)cnc2C1. The summed E-state index contributed by atoms with van der Waals surface area (Å²) >= 11 is 0. The molecule has 1 saturated heterocycles. The molecule has 0 bridgehead atoms. The molecule has 11 heteroatoms. The molecule has 5 rings (SSSR count). The maximum absolute atomic E-state index is 13.2. The van der Waals surface area contributed by atoms with E-state index in [2.05, 4.69) is 15.3 Å². The van der Waals surface area contributed by atoms with E-state index >= 15 is 0 Å². The molecule has 2 aromatic heterocycles. The zero-order valence-electron chi connectivity index (χ0n) is 17.9. The van der Waals surface area contributed by atoms with Crippen molar-refractivity contribution >= 4 is 17.5 Å². The normalized spacial score (nSPS) is 15.6. The van der Waals surface area contributed by atoms with Gasteiger partial charge in [0.05, 0.1) is 22.9 Å². The molecule has 9 nitrogen and oxygen atoms in total. The molecule has 1 N–H and O–H groups in total. The second kappa shape index (κ2) is 8.75. The zero-order valence-corrected chi connectivity index (χ0v) is 17.9. The third kappa shape index (κ3) is 4.42. The number of amides is 2. The number of nitrogens with zero attached hydrogens (tertiary/aromatic N) is 5. The van der Waals surface area contributed by atoms with Gasteiger partial charge < -0.3 is 4.90 Å². The number of pyridine rings is 2. The van der Waals surface area contributed by atoms with Gasteiger partial charge in [-0.15, -0.1) is 0 Å². The summed E-state index contributed by atoms with van der Waals surface area (Å²) in [6, 6.07) is 9.64. The Hall–Kier alpha value is -3.99. The highest BCUT2D eigenvalue weighted by Crippen LogP contribution is 2.29. The summed E-state index contributed by atoms with van der Waals surface area (Å²) in [5.74, 6) is -0.610. The number of anilines is 1. The molecule has 0 atom stereocenters. The van der Waals surface area contributed by atoms with Crippen LogP contribution in [0.1, 0.15) is 16.8 Å². The van der Waals surface area contributed by atoms with Gasteiger partial charge >= 0.3 is 11.7 Å². The van der Waals surface area contributed by atoms with E-state index in [-0.39, 0.29) is 18.1 Å². The molecule has 0 spiro atoms. The Morgan fingerprint density at radius 1 is 1.18 bits per heavy atom. The first-order chi connectivity index (χ1) is 16.4. The predicted octanol–water partition coefficient (Wildman–Crippen LogP) is 3.89. The minimum atomic E-state index is -0.777. The van der Waals surface area contributed by atoms with Gasteiger partial charge in [-0.25, -0.2) is 18.6 Å². The molecule has 1 fully saturated rings. The topological polar surface area (TPSA) is 104 Å². The Kier molecular flexibility index (Phi) is 5.62. The van der Waals surface area contributed by atoms with E-state index in [9.17, 15) is 23.7 Å². The highest BCUT2D eigenvalue weighted by Gasteiger charge is 2.29. The van der Waals surface area contributed by atoms with Crippen LogP contribution in [0.2, 0.25) is 0 Å². The van der Waals surface area contributed by atoms with Gasteiger partial charge in [0.15, 0.2) is 0 Å². The van der Waals surface area contributed by atoms with E-state index in [0.29, 0.717) is 37.4 Å². The minimum absolute atomic E-state index is 0.194. The second-order valence-electron chi connectivity index (χ2n) is 8.36. The molecule has 174 valence electrons. The van der Waals surface area contributed by atoms with Crippen molar-refractivity contribution in [2.24, 2.45) is 0 Å². The van der Waals surface area contributed by atoms with E-state index < -0.39 is 22.9 Å². The lowest BCUT2D eigenvalue weighted by Crippen LogP contribution is -2.47. The lowest BCUT2D eigenvalue weighted by atomic mass is 10.1.